The summed E-state index contributed by atoms with van der Waals surface area (Å²) in [5, 5.41) is 0.415. The fraction of sp³-hybridized carbons (Fsp3) is 0.588. The molecule has 0 saturated carbocycles. The third kappa shape index (κ3) is 5.00. The number of rotatable bonds is 8. The number of hydrogen-bond donors (Lipinski definition) is 2. The van der Waals surface area contributed by atoms with Gasteiger partial charge in [0.25, 0.3) is 5.91 Å². The van der Waals surface area contributed by atoms with Gasteiger partial charge in [-0.05, 0) is 50.0 Å². The Hall–Kier alpha value is -1.50. The van der Waals surface area contributed by atoms with Crippen LogP contribution in [0.5, 0.6) is 11.5 Å². The van der Waals surface area contributed by atoms with Crippen molar-refractivity contribution in [3.63, 3.8) is 0 Å². The number of methoxy groups -OCH3 is 1. The fourth-order valence-electron chi connectivity index (χ4n) is 3.17. The number of nitrogens with two attached hydrogens (primary N) is 2. The normalized spacial score (nSPS) is 18.4. The van der Waals surface area contributed by atoms with E-state index in [1.807, 2.05) is 12.1 Å². The van der Waals surface area contributed by atoms with Crippen LogP contribution >= 0.6 is 11.6 Å². The average molecular weight is 356 g/mol. The Bertz CT molecular complexity index is 566. The quantitative estimate of drug-likeness (QED) is 0.743. The maximum Gasteiger partial charge on any atom is 0.255 e. The summed E-state index contributed by atoms with van der Waals surface area (Å²) < 4.78 is 10.7. The van der Waals surface area contributed by atoms with Crippen LogP contribution in [0.2, 0.25) is 5.02 Å². The van der Waals surface area contributed by atoms with Crippen molar-refractivity contribution in [3.8, 4) is 11.5 Å². The number of carbonyl (C=O) groups is 1. The molecule has 0 spiro atoms. The molecule has 1 saturated heterocycles. The van der Waals surface area contributed by atoms with Gasteiger partial charge >= 0.3 is 0 Å². The number of amides is 1. The van der Waals surface area contributed by atoms with Gasteiger partial charge in [-0.3, -0.25) is 9.69 Å². The molecule has 0 aliphatic carbocycles. The number of nitrogens with zero attached hydrogens (tertiary/aromatic N) is 1. The van der Waals surface area contributed by atoms with Crippen molar-refractivity contribution in [2.45, 2.75) is 38.3 Å². The van der Waals surface area contributed by atoms with E-state index in [1.54, 1.807) is 7.11 Å². The first-order chi connectivity index (χ1) is 11.5. The molecular weight excluding hydrogens is 330 g/mol. The van der Waals surface area contributed by atoms with Crippen LogP contribution in [0.3, 0.4) is 0 Å². The second-order valence-electron chi connectivity index (χ2n) is 6.06. The molecule has 7 heteroatoms. The lowest BCUT2D eigenvalue weighted by Gasteiger charge is -2.35. The summed E-state index contributed by atoms with van der Waals surface area (Å²) in [7, 11) is 1.55. The average Bonchev–Trinajstić information content (AvgIpc) is 2.55. The zero-order valence-electron chi connectivity index (χ0n) is 14.1. The van der Waals surface area contributed by atoms with Crippen molar-refractivity contribution in [1.29, 1.82) is 0 Å². The summed E-state index contributed by atoms with van der Waals surface area (Å²) in [6.45, 7) is 2.31. The molecule has 134 valence electrons. The lowest BCUT2D eigenvalue weighted by molar-refractivity contribution is -0.119. The maximum atomic E-state index is 10.9. The zero-order valence-corrected chi connectivity index (χ0v) is 14.8. The standard InChI is InChI=1S/C17H26ClN3O3/c1-23-15-9-12(8-14(18)17(15)24-11-16(20)22)10-21-7-3-2-4-13(21)5-6-19/h8-9,13H,2-7,10-11,19H2,1H3,(H2,20,22). The van der Waals surface area contributed by atoms with Crippen LogP contribution in [0.1, 0.15) is 31.2 Å². The third-order valence-corrected chi connectivity index (χ3v) is 4.56. The summed E-state index contributed by atoms with van der Waals surface area (Å²) >= 11 is 6.32. The maximum absolute atomic E-state index is 10.9. The molecule has 1 heterocycles. The molecule has 1 aliphatic heterocycles. The van der Waals surface area contributed by atoms with Gasteiger partial charge in [-0.1, -0.05) is 18.0 Å². The van der Waals surface area contributed by atoms with E-state index in [2.05, 4.69) is 4.90 Å². The number of hydrogen-bond acceptors (Lipinski definition) is 5. The highest BCUT2D eigenvalue weighted by molar-refractivity contribution is 6.32. The van der Waals surface area contributed by atoms with Crippen molar-refractivity contribution in [1.82, 2.24) is 4.90 Å². The van der Waals surface area contributed by atoms with E-state index in [4.69, 9.17) is 32.5 Å². The SMILES string of the molecule is COc1cc(CN2CCCCC2CCN)cc(Cl)c1OCC(N)=O. The molecule has 0 bridgehead atoms. The highest BCUT2D eigenvalue weighted by atomic mass is 35.5. The lowest BCUT2D eigenvalue weighted by Crippen LogP contribution is -2.40. The number of piperidine rings is 1. The molecule has 1 aromatic carbocycles. The van der Waals surface area contributed by atoms with Crippen molar-refractivity contribution in [2.75, 3.05) is 26.8 Å². The summed E-state index contributed by atoms with van der Waals surface area (Å²) in [4.78, 5) is 13.4. The number of carbonyl (C=O) groups excluding carboxylic acids is 1. The highest BCUT2D eigenvalue weighted by Gasteiger charge is 2.22. The topological polar surface area (TPSA) is 90.8 Å². The van der Waals surface area contributed by atoms with Gasteiger partial charge in [0.15, 0.2) is 18.1 Å². The first-order valence-electron chi connectivity index (χ1n) is 8.26. The lowest BCUT2D eigenvalue weighted by atomic mass is 9.98. The van der Waals surface area contributed by atoms with Gasteiger partial charge in [-0.2, -0.15) is 0 Å². The van der Waals surface area contributed by atoms with Gasteiger partial charge in [-0.15, -0.1) is 0 Å². The van der Waals surface area contributed by atoms with E-state index in [1.165, 1.54) is 19.3 Å². The van der Waals surface area contributed by atoms with Crippen LogP contribution in [0.25, 0.3) is 0 Å². The minimum Gasteiger partial charge on any atom is -0.493 e. The van der Waals surface area contributed by atoms with Crippen LogP contribution < -0.4 is 20.9 Å². The summed E-state index contributed by atoms with van der Waals surface area (Å²) in [6.07, 6.45) is 4.64. The van der Waals surface area contributed by atoms with Gasteiger partial charge in [0.1, 0.15) is 0 Å². The molecule has 2 rings (SSSR count). The monoisotopic (exact) mass is 355 g/mol. The van der Waals surface area contributed by atoms with Crippen LogP contribution in [0, 0.1) is 0 Å². The first-order valence-corrected chi connectivity index (χ1v) is 8.64. The minimum absolute atomic E-state index is 0.236. The Balaban J connectivity index is 2.15. The van der Waals surface area contributed by atoms with Gasteiger partial charge in [-0.25, -0.2) is 0 Å². The molecule has 4 N–H and O–H groups in total. The van der Waals surface area contributed by atoms with Crippen molar-refractivity contribution in [3.05, 3.63) is 22.7 Å². The molecule has 0 aromatic heterocycles. The molecule has 0 radical (unpaired) electrons. The van der Waals surface area contributed by atoms with E-state index in [9.17, 15) is 4.79 Å². The van der Waals surface area contributed by atoms with Crippen molar-refractivity contribution in [2.24, 2.45) is 11.5 Å². The molecule has 1 aliphatic rings. The van der Waals surface area contributed by atoms with E-state index in [0.717, 1.165) is 25.1 Å². The smallest absolute Gasteiger partial charge is 0.255 e. The second kappa shape index (κ2) is 9.11. The second-order valence-corrected chi connectivity index (χ2v) is 6.47. The predicted octanol–water partition coefficient (Wildman–Crippen LogP) is 1.92. The number of benzene rings is 1. The number of halogens is 1. The molecule has 24 heavy (non-hydrogen) atoms. The van der Waals surface area contributed by atoms with Crippen LogP contribution in [0.4, 0.5) is 0 Å². The molecular formula is C17H26ClN3O3. The van der Waals surface area contributed by atoms with Crippen molar-refractivity contribution >= 4 is 17.5 Å². The van der Waals surface area contributed by atoms with Gasteiger partial charge in [0.2, 0.25) is 0 Å². The predicted molar refractivity (Wildman–Crippen MR) is 94.4 cm³/mol. The molecule has 1 atom stereocenters. The molecule has 6 nitrogen and oxygen atoms in total. The van der Waals surface area contributed by atoms with Crippen LogP contribution in [-0.2, 0) is 11.3 Å². The fourth-order valence-corrected chi connectivity index (χ4v) is 3.46. The highest BCUT2D eigenvalue weighted by Crippen LogP contribution is 2.37. The molecule has 1 fully saturated rings. The van der Waals surface area contributed by atoms with E-state index in [-0.39, 0.29) is 6.61 Å². The van der Waals surface area contributed by atoms with E-state index in [0.29, 0.717) is 29.1 Å². The zero-order chi connectivity index (χ0) is 17.5. The Morgan fingerprint density at radius 3 is 2.88 bits per heavy atom. The summed E-state index contributed by atoms with van der Waals surface area (Å²) in [6, 6.07) is 4.27. The Labute approximate surface area is 148 Å². The molecule has 1 aromatic rings. The van der Waals surface area contributed by atoms with Gasteiger partial charge < -0.3 is 20.9 Å². The van der Waals surface area contributed by atoms with Crippen LogP contribution in [0.15, 0.2) is 12.1 Å². The molecule has 1 unspecified atom stereocenters. The third-order valence-electron chi connectivity index (χ3n) is 4.28. The Morgan fingerprint density at radius 1 is 1.42 bits per heavy atom. The minimum atomic E-state index is -0.560. The molecule has 1 amide bonds. The Kier molecular flexibility index (Phi) is 7.15. The van der Waals surface area contributed by atoms with Gasteiger partial charge in [0.05, 0.1) is 12.1 Å². The Morgan fingerprint density at radius 2 is 2.21 bits per heavy atom. The van der Waals surface area contributed by atoms with Gasteiger partial charge in [0, 0.05) is 12.6 Å². The summed E-state index contributed by atoms with van der Waals surface area (Å²) in [5.41, 5.74) is 11.9. The number of ether oxygens (including phenoxy) is 2. The van der Waals surface area contributed by atoms with Crippen LogP contribution in [-0.4, -0.2) is 43.7 Å². The number of primary amides is 1. The van der Waals surface area contributed by atoms with E-state index < -0.39 is 5.91 Å². The first kappa shape index (κ1) is 18.8. The van der Waals surface area contributed by atoms with Crippen molar-refractivity contribution < 1.29 is 14.3 Å². The van der Waals surface area contributed by atoms with E-state index >= 15 is 0 Å². The largest absolute Gasteiger partial charge is 0.493 e. The summed E-state index contributed by atoms with van der Waals surface area (Å²) in [5.74, 6) is 0.292. The number of likely N-dealkylation sites (tertiary alicyclic amines) is 1.